The summed E-state index contributed by atoms with van der Waals surface area (Å²) >= 11 is 1.37. The maximum atomic E-state index is 12.7. The van der Waals surface area contributed by atoms with Crippen molar-refractivity contribution in [2.75, 3.05) is 10.0 Å². The fraction of sp³-hybridized carbons (Fsp3) is 0.0800. The van der Waals surface area contributed by atoms with Crippen LogP contribution >= 0.6 is 11.9 Å². The molecule has 3 aromatic carbocycles. The van der Waals surface area contributed by atoms with Crippen LogP contribution < -0.4 is 14.8 Å². The lowest BCUT2D eigenvalue weighted by Gasteiger charge is -2.14. The van der Waals surface area contributed by atoms with Gasteiger partial charge in [-0.3, -0.25) is 9.52 Å². The zero-order valence-corrected chi connectivity index (χ0v) is 18.4. The first-order valence-electron chi connectivity index (χ1n) is 10.1. The Morgan fingerprint density at radius 3 is 2.50 bits per heavy atom. The molecule has 0 unspecified atom stereocenters. The number of hydrogen-bond acceptors (Lipinski definition) is 6. The van der Waals surface area contributed by atoms with E-state index in [-0.39, 0.29) is 5.91 Å². The van der Waals surface area contributed by atoms with Crippen LogP contribution in [-0.2, 0) is 0 Å². The van der Waals surface area contributed by atoms with Crippen LogP contribution in [0.2, 0.25) is 0 Å². The van der Waals surface area contributed by atoms with Crippen LogP contribution in [0.5, 0.6) is 11.6 Å². The second-order valence-corrected chi connectivity index (χ2v) is 8.38. The molecule has 1 aromatic heterocycles. The molecule has 6 nitrogen and oxygen atoms in total. The zero-order chi connectivity index (χ0) is 22.1. The summed E-state index contributed by atoms with van der Waals surface area (Å²) in [7, 11) is 0. The zero-order valence-electron chi connectivity index (χ0n) is 17.5. The Labute approximate surface area is 190 Å². The van der Waals surface area contributed by atoms with Gasteiger partial charge in [0.15, 0.2) is 0 Å². The fourth-order valence-corrected chi connectivity index (χ4v) is 4.27. The standard InChI is InChI=1S/C25H20N4O2S/c1-15-6-3-7-16(2)23(15)21-14-22-28-25(27-21)29-32-20-11-5-9-18(13-20)26-24(30)17-8-4-10-19(12-17)31-22/h3-14H,1-2H3,(H,26,30)(H,27,28,29). The van der Waals surface area contributed by atoms with Crippen molar-refractivity contribution in [2.24, 2.45) is 0 Å². The molecule has 4 aromatic rings. The Bertz CT molecular complexity index is 1320. The van der Waals surface area contributed by atoms with E-state index in [0.717, 1.165) is 27.3 Å². The molecule has 0 saturated heterocycles. The number of hydrogen-bond donors (Lipinski definition) is 2. The summed E-state index contributed by atoms with van der Waals surface area (Å²) < 4.78 is 9.28. The second kappa shape index (κ2) is 8.36. The number of anilines is 2. The molecule has 158 valence electrons. The van der Waals surface area contributed by atoms with Crippen molar-refractivity contribution in [3.8, 4) is 22.9 Å². The first kappa shape index (κ1) is 20.1. The summed E-state index contributed by atoms with van der Waals surface area (Å²) in [6.45, 7) is 4.12. The first-order valence-corrected chi connectivity index (χ1v) is 10.9. The number of rotatable bonds is 1. The lowest BCUT2D eigenvalue weighted by molar-refractivity contribution is 0.102. The molecule has 0 radical (unpaired) electrons. The molecule has 0 spiro atoms. The van der Waals surface area contributed by atoms with Gasteiger partial charge in [-0.1, -0.05) is 30.3 Å². The third-order valence-corrected chi connectivity index (χ3v) is 5.88. The number of nitrogens with one attached hydrogen (secondary N) is 2. The number of aryl methyl sites for hydroxylation is 2. The summed E-state index contributed by atoms with van der Waals surface area (Å²) in [4.78, 5) is 23.0. The highest BCUT2D eigenvalue weighted by atomic mass is 32.2. The molecule has 1 amide bonds. The Morgan fingerprint density at radius 2 is 1.66 bits per heavy atom. The lowest BCUT2D eigenvalue weighted by atomic mass is 10.00. The molecule has 0 fully saturated rings. The molecule has 6 bridgehead atoms. The number of aromatic nitrogens is 2. The normalized spacial score (nSPS) is 12.8. The van der Waals surface area contributed by atoms with Crippen LogP contribution in [-0.4, -0.2) is 15.9 Å². The van der Waals surface area contributed by atoms with Gasteiger partial charge in [-0.15, -0.1) is 0 Å². The van der Waals surface area contributed by atoms with Crippen molar-refractivity contribution in [1.29, 1.82) is 0 Å². The van der Waals surface area contributed by atoms with E-state index < -0.39 is 0 Å². The molecule has 0 atom stereocenters. The largest absolute Gasteiger partial charge is 0.439 e. The Morgan fingerprint density at radius 1 is 0.875 bits per heavy atom. The molecule has 5 rings (SSSR count). The maximum absolute atomic E-state index is 12.7. The number of amides is 1. The van der Waals surface area contributed by atoms with Gasteiger partial charge in [0.1, 0.15) is 5.75 Å². The van der Waals surface area contributed by atoms with Crippen LogP contribution in [0, 0.1) is 13.8 Å². The highest BCUT2D eigenvalue weighted by Crippen LogP contribution is 2.32. The number of carbonyl (C=O) groups excluding carboxylic acids is 1. The maximum Gasteiger partial charge on any atom is 0.255 e. The Hall–Kier alpha value is -3.84. The molecule has 2 N–H and O–H groups in total. The number of fused-ring (bicyclic) bond motifs is 6. The number of nitrogens with zero attached hydrogens (tertiary/aromatic N) is 2. The van der Waals surface area contributed by atoms with E-state index in [2.05, 4.69) is 41.0 Å². The molecular formula is C25H20N4O2S. The van der Waals surface area contributed by atoms with Crippen molar-refractivity contribution in [3.05, 3.63) is 89.5 Å². The van der Waals surface area contributed by atoms with Gasteiger partial charge in [0.05, 0.1) is 5.69 Å². The van der Waals surface area contributed by atoms with E-state index in [1.807, 2.05) is 36.4 Å². The van der Waals surface area contributed by atoms with E-state index in [1.165, 1.54) is 11.9 Å². The van der Waals surface area contributed by atoms with Crippen LogP contribution in [0.25, 0.3) is 11.3 Å². The second-order valence-electron chi connectivity index (χ2n) is 7.50. The predicted molar refractivity (Wildman–Crippen MR) is 127 cm³/mol. The van der Waals surface area contributed by atoms with Crippen LogP contribution in [0.15, 0.2) is 77.7 Å². The smallest absolute Gasteiger partial charge is 0.255 e. The Kier molecular flexibility index (Phi) is 5.25. The highest BCUT2D eigenvalue weighted by molar-refractivity contribution is 8.00. The number of ether oxygens (including phenoxy) is 1. The monoisotopic (exact) mass is 440 g/mol. The summed E-state index contributed by atoms with van der Waals surface area (Å²) in [5, 5.41) is 2.93. The molecule has 2 heterocycles. The van der Waals surface area contributed by atoms with E-state index in [1.54, 1.807) is 24.3 Å². The van der Waals surface area contributed by atoms with Crippen molar-refractivity contribution in [3.63, 3.8) is 0 Å². The van der Waals surface area contributed by atoms with Gasteiger partial charge >= 0.3 is 0 Å². The van der Waals surface area contributed by atoms with Gasteiger partial charge < -0.3 is 10.1 Å². The third kappa shape index (κ3) is 4.15. The van der Waals surface area contributed by atoms with Crippen molar-refractivity contribution in [1.82, 2.24) is 9.97 Å². The molecule has 7 heteroatoms. The average Bonchev–Trinajstić information content (AvgIpc) is 2.77. The van der Waals surface area contributed by atoms with Gasteiger partial charge in [0, 0.05) is 27.8 Å². The van der Waals surface area contributed by atoms with Crippen LogP contribution in [0.1, 0.15) is 21.5 Å². The quantitative estimate of drug-likeness (QED) is 0.341. The summed E-state index contributed by atoms with van der Waals surface area (Å²) in [5.74, 6) is 1.15. The van der Waals surface area contributed by atoms with Gasteiger partial charge in [-0.05, 0) is 73.3 Å². The fourth-order valence-electron chi connectivity index (χ4n) is 3.64. The molecule has 1 aliphatic heterocycles. The van der Waals surface area contributed by atoms with Gasteiger partial charge in [-0.2, -0.15) is 4.98 Å². The molecular weight excluding hydrogens is 420 g/mol. The summed E-state index contributed by atoms with van der Waals surface area (Å²) in [6, 6.07) is 22.6. The van der Waals surface area contributed by atoms with E-state index in [4.69, 9.17) is 9.72 Å². The minimum absolute atomic E-state index is 0.206. The number of benzene rings is 3. The minimum Gasteiger partial charge on any atom is -0.439 e. The van der Waals surface area contributed by atoms with Gasteiger partial charge in [0.2, 0.25) is 11.8 Å². The molecule has 32 heavy (non-hydrogen) atoms. The van der Waals surface area contributed by atoms with E-state index in [0.29, 0.717) is 28.8 Å². The average molecular weight is 441 g/mol. The number of carbonyl (C=O) groups is 1. The third-order valence-electron chi connectivity index (χ3n) is 5.11. The topological polar surface area (TPSA) is 76.1 Å². The predicted octanol–water partition coefficient (Wildman–Crippen LogP) is 6.24. The van der Waals surface area contributed by atoms with Crippen LogP contribution in [0.4, 0.5) is 11.6 Å². The minimum atomic E-state index is -0.206. The summed E-state index contributed by atoms with van der Waals surface area (Å²) in [6.07, 6.45) is 0. The first-order chi connectivity index (χ1) is 15.5. The van der Waals surface area contributed by atoms with Crippen molar-refractivity contribution < 1.29 is 9.53 Å². The van der Waals surface area contributed by atoms with Crippen LogP contribution in [0.3, 0.4) is 0 Å². The SMILES string of the molecule is Cc1cccc(C)c1-c1cc2nc(n1)NSc1cccc(c1)NC(=O)c1cccc(c1)O2. The van der Waals surface area contributed by atoms with Crippen molar-refractivity contribution >= 4 is 29.5 Å². The van der Waals surface area contributed by atoms with Crippen molar-refractivity contribution in [2.45, 2.75) is 18.7 Å². The lowest BCUT2D eigenvalue weighted by Crippen LogP contribution is -2.12. The molecule has 0 aliphatic carbocycles. The molecule has 0 saturated carbocycles. The molecule has 1 aliphatic rings. The summed E-state index contributed by atoms with van der Waals surface area (Å²) in [5.41, 5.74) is 5.26. The Balaban J connectivity index is 1.65. The van der Waals surface area contributed by atoms with Gasteiger partial charge in [-0.25, -0.2) is 4.98 Å². The van der Waals surface area contributed by atoms with E-state index >= 15 is 0 Å². The van der Waals surface area contributed by atoms with E-state index in [9.17, 15) is 4.79 Å². The van der Waals surface area contributed by atoms with Gasteiger partial charge in [0.25, 0.3) is 5.91 Å². The highest BCUT2D eigenvalue weighted by Gasteiger charge is 2.15.